The van der Waals surface area contributed by atoms with Crippen molar-refractivity contribution in [3.05, 3.63) is 18.2 Å². The molecule has 1 aliphatic heterocycles. The van der Waals surface area contributed by atoms with Crippen LogP contribution >= 0.6 is 24.8 Å². The van der Waals surface area contributed by atoms with Crippen molar-refractivity contribution in [3.8, 4) is 11.5 Å². The fourth-order valence-electron chi connectivity index (χ4n) is 3.62. The first kappa shape index (κ1) is 26.6. The third-order valence-corrected chi connectivity index (χ3v) is 5.68. The molecule has 2 rings (SSSR count). The summed E-state index contributed by atoms with van der Waals surface area (Å²) in [6.45, 7) is 7.69. The molecule has 28 heavy (non-hydrogen) atoms. The van der Waals surface area contributed by atoms with E-state index in [9.17, 15) is 4.79 Å². The van der Waals surface area contributed by atoms with Gasteiger partial charge in [-0.15, -0.1) is 24.8 Å². The summed E-state index contributed by atoms with van der Waals surface area (Å²) in [5.41, 5.74) is 6.61. The van der Waals surface area contributed by atoms with Gasteiger partial charge in [0.15, 0.2) is 0 Å². The van der Waals surface area contributed by atoms with Gasteiger partial charge in [-0.2, -0.15) is 0 Å². The Kier molecular flexibility index (Phi) is 11.6. The predicted octanol–water partition coefficient (Wildman–Crippen LogP) is 3.35. The standard InChI is InChI=1S/C20H33N3O3.2ClH/c1-5-20(6-2,15-21)19(24)23-9-7-8-22(10-11-23)16-12-17(25-3)14-18(13-16)26-4;;/h12-14H,5-11,15,21H2,1-4H3;2*1H. The molecule has 1 amide bonds. The minimum atomic E-state index is -0.422. The van der Waals surface area contributed by atoms with E-state index in [0.29, 0.717) is 13.1 Å². The Bertz CT molecular complexity index is 582. The van der Waals surface area contributed by atoms with Gasteiger partial charge in [-0.05, 0) is 19.3 Å². The SMILES string of the molecule is CCC(CC)(CN)C(=O)N1CCCN(c2cc(OC)cc(OC)c2)CC1.Cl.Cl. The van der Waals surface area contributed by atoms with E-state index in [1.54, 1.807) is 14.2 Å². The topological polar surface area (TPSA) is 68.0 Å². The Balaban J connectivity index is 0.00000364. The lowest BCUT2D eigenvalue weighted by Gasteiger charge is -2.34. The summed E-state index contributed by atoms with van der Waals surface area (Å²) < 4.78 is 10.8. The molecule has 0 spiro atoms. The van der Waals surface area contributed by atoms with Crippen LogP contribution in [0.25, 0.3) is 0 Å². The van der Waals surface area contributed by atoms with E-state index in [1.807, 2.05) is 23.1 Å². The maximum atomic E-state index is 13.1. The van der Waals surface area contributed by atoms with Crippen LogP contribution in [-0.4, -0.2) is 57.8 Å². The first-order valence-electron chi connectivity index (χ1n) is 9.51. The van der Waals surface area contributed by atoms with Gasteiger partial charge in [0, 0.05) is 56.6 Å². The van der Waals surface area contributed by atoms with Crippen LogP contribution < -0.4 is 20.1 Å². The zero-order valence-corrected chi connectivity index (χ0v) is 19.0. The van der Waals surface area contributed by atoms with Crippen molar-refractivity contribution in [1.29, 1.82) is 0 Å². The first-order chi connectivity index (χ1) is 12.5. The molecule has 162 valence electrons. The highest BCUT2D eigenvalue weighted by atomic mass is 35.5. The highest BCUT2D eigenvalue weighted by Gasteiger charge is 2.37. The highest BCUT2D eigenvalue weighted by molar-refractivity contribution is 5.85. The molecule has 1 saturated heterocycles. The Labute approximate surface area is 181 Å². The summed E-state index contributed by atoms with van der Waals surface area (Å²) in [5.74, 6) is 1.75. The van der Waals surface area contributed by atoms with Crippen molar-refractivity contribution < 1.29 is 14.3 Å². The molecule has 1 aromatic carbocycles. The number of anilines is 1. The summed E-state index contributed by atoms with van der Waals surface area (Å²) in [5, 5.41) is 0. The molecule has 0 bridgehead atoms. The van der Waals surface area contributed by atoms with E-state index in [4.69, 9.17) is 15.2 Å². The number of carbonyl (C=O) groups excluding carboxylic acids is 1. The zero-order chi connectivity index (χ0) is 19.2. The molecule has 1 fully saturated rings. The number of ether oxygens (including phenoxy) is 2. The maximum Gasteiger partial charge on any atom is 0.230 e. The minimum Gasteiger partial charge on any atom is -0.497 e. The number of amides is 1. The van der Waals surface area contributed by atoms with Crippen LogP contribution in [-0.2, 0) is 4.79 Å². The third kappa shape index (κ3) is 5.82. The van der Waals surface area contributed by atoms with Gasteiger partial charge >= 0.3 is 0 Å². The lowest BCUT2D eigenvalue weighted by molar-refractivity contribution is -0.142. The van der Waals surface area contributed by atoms with Crippen molar-refractivity contribution in [1.82, 2.24) is 4.90 Å². The molecular formula is C20H35Cl2N3O3. The van der Waals surface area contributed by atoms with Crippen LogP contribution in [0.2, 0.25) is 0 Å². The second-order valence-electron chi connectivity index (χ2n) is 6.90. The van der Waals surface area contributed by atoms with E-state index < -0.39 is 5.41 Å². The fourth-order valence-corrected chi connectivity index (χ4v) is 3.62. The van der Waals surface area contributed by atoms with Crippen LogP contribution in [0, 0.1) is 5.41 Å². The predicted molar refractivity (Wildman–Crippen MR) is 120 cm³/mol. The lowest BCUT2D eigenvalue weighted by Crippen LogP contribution is -2.48. The van der Waals surface area contributed by atoms with E-state index >= 15 is 0 Å². The number of benzene rings is 1. The average molecular weight is 436 g/mol. The Morgan fingerprint density at radius 3 is 2.04 bits per heavy atom. The van der Waals surface area contributed by atoms with Gasteiger partial charge in [-0.25, -0.2) is 0 Å². The Hall–Kier alpha value is -1.37. The van der Waals surface area contributed by atoms with Crippen molar-refractivity contribution in [3.63, 3.8) is 0 Å². The summed E-state index contributed by atoms with van der Waals surface area (Å²) in [7, 11) is 3.31. The molecule has 0 unspecified atom stereocenters. The van der Waals surface area contributed by atoms with Crippen LogP contribution in [0.3, 0.4) is 0 Å². The summed E-state index contributed by atoms with van der Waals surface area (Å²) in [4.78, 5) is 17.4. The fraction of sp³-hybridized carbons (Fsp3) is 0.650. The Morgan fingerprint density at radius 2 is 1.57 bits per heavy atom. The zero-order valence-electron chi connectivity index (χ0n) is 17.4. The van der Waals surface area contributed by atoms with Crippen LogP contribution in [0.4, 0.5) is 5.69 Å². The van der Waals surface area contributed by atoms with Gasteiger partial charge in [0.05, 0.1) is 19.6 Å². The third-order valence-electron chi connectivity index (χ3n) is 5.68. The number of halogens is 2. The Morgan fingerprint density at radius 1 is 1.00 bits per heavy atom. The molecule has 8 heteroatoms. The first-order valence-corrected chi connectivity index (χ1v) is 9.51. The normalized spacial score (nSPS) is 14.5. The number of rotatable bonds is 7. The molecule has 0 aromatic heterocycles. The number of carbonyl (C=O) groups is 1. The van der Waals surface area contributed by atoms with Gasteiger partial charge < -0.3 is 25.0 Å². The summed E-state index contributed by atoms with van der Waals surface area (Å²) >= 11 is 0. The number of methoxy groups -OCH3 is 2. The van der Waals surface area contributed by atoms with Crippen LogP contribution in [0.1, 0.15) is 33.1 Å². The highest BCUT2D eigenvalue weighted by Crippen LogP contribution is 2.31. The smallest absolute Gasteiger partial charge is 0.230 e. The van der Waals surface area contributed by atoms with Gasteiger partial charge in [0.2, 0.25) is 5.91 Å². The molecule has 0 radical (unpaired) electrons. The van der Waals surface area contributed by atoms with Gasteiger partial charge in [-0.3, -0.25) is 4.79 Å². The van der Waals surface area contributed by atoms with Crippen molar-refractivity contribution in [2.75, 3.05) is 51.8 Å². The number of nitrogens with zero attached hydrogens (tertiary/aromatic N) is 2. The second-order valence-corrected chi connectivity index (χ2v) is 6.90. The van der Waals surface area contributed by atoms with E-state index in [2.05, 4.69) is 18.7 Å². The molecule has 2 N–H and O–H groups in total. The average Bonchev–Trinajstić information content (AvgIpc) is 2.95. The largest absolute Gasteiger partial charge is 0.497 e. The molecule has 0 saturated carbocycles. The second kappa shape index (κ2) is 12.2. The quantitative estimate of drug-likeness (QED) is 0.710. The number of hydrogen-bond acceptors (Lipinski definition) is 5. The van der Waals surface area contributed by atoms with Gasteiger partial charge in [0.1, 0.15) is 11.5 Å². The van der Waals surface area contributed by atoms with Crippen molar-refractivity contribution in [2.24, 2.45) is 11.1 Å². The molecular weight excluding hydrogens is 401 g/mol. The van der Waals surface area contributed by atoms with Crippen LogP contribution in [0.5, 0.6) is 11.5 Å². The minimum absolute atomic E-state index is 0. The van der Waals surface area contributed by atoms with E-state index in [-0.39, 0.29) is 30.7 Å². The number of hydrogen-bond donors (Lipinski definition) is 1. The van der Waals surface area contributed by atoms with Crippen LogP contribution in [0.15, 0.2) is 18.2 Å². The molecule has 1 heterocycles. The van der Waals surface area contributed by atoms with E-state index in [0.717, 1.165) is 56.1 Å². The maximum absolute atomic E-state index is 13.1. The van der Waals surface area contributed by atoms with Gasteiger partial charge in [-0.1, -0.05) is 13.8 Å². The molecule has 0 atom stereocenters. The summed E-state index contributed by atoms with van der Waals surface area (Å²) in [6.07, 6.45) is 2.50. The van der Waals surface area contributed by atoms with E-state index in [1.165, 1.54) is 0 Å². The monoisotopic (exact) mass is 435 g/mol. The van der Waals surface area contributed by atoms with Crippen molar-refractivity contribution >= 4 is 36.4 Å². The lowest BCUT2D eigenvalue weighted by atomic mass is 9.81. The molecule has 1 aliphatic rings. The van der Waals surface area contributed by atoms with Gasteiger partial charge in [0.25, 0.3) is 0 Å². The molecule has 6 nitrogen and oxygen atoms in total. The molecule has 0 aliphatic carbocycles. The van der Waals surface area contributed by atoms with Crippen molar-refractivity contribution in [2.45, 2.75) is 33.1 Å². The molecule has 1 aromatic rings. The summed E-state index contributed by atoms with van der Waals surface area (Å²) in [6, 6.07) is 5.90. The number of nitrogens with two attached hydrogens (primary N) is 1.